The van der Waals surface area contributed by atoms with Crippen molar-refractivity contribution in [1.82, 2.24) is 20.2 Å². The summed E-state index contributed by atoms with van der Waals surface area (Å²) in [5.74, 6) is -0.581. The Hall–Kier alpha value is -3.27. The minimum atomic E-state index is -0.733. The van der Waals surface area contributed by atoms with E-state index in [-0.39, 0.29) is 22.1 Å². The first-order valence-corrected chi connectivity index (χ1v) is 11.6. The second-order valence-corrected chi connectivity index (χ2v) is 10.1. The van der Waals surface area contributed by atoms with Crippen molar-refractivity contribution in [2.45, 2.75) is 27.2 Å². The van der Waals surface area contributed by atoms with Crippen molar-refractivity contribution in [3.05, 3.63) is 59.7 Å². The third-order valence-corrected chi connectivity index (χ3v) is 6.04. The summed E-state index contributed by atoms with van der Waals surface area (Å²) in [6.07, 6.45) is 6.61. The van der Waals surface area contributed by atoms with Gasteiger partial charge in [-0.3, -0.25) is 24.7 Å². The molecule has 0 saturated carbocycles. The monoisotopic (exact) mass is 485 g/mol. The number of hydrogen-bond acceptors (Lipinski definition) is 7. The third-order valence-electron chi connectivity index (χ3n) is 5.23. The molecule has 2 aliphatic rings. The molecule has 0 aliphatic carbocycles. The van der Waals surface area contributed by atoms with Gasteiger partial charge in [0.25, 0.3) is 11.1 Å². The molecule has 0 spiro atoms. The van der Waals surface area contributed by atoms with Crippen molar-refractivity contribution in [1.29, 1.82) is 0 Å². The fraction of sp³-hybridized carbons (Fsp3) is 0.375. The zero-order valence-electron chi connectivity index (χ0n) is 19.6. The number of carbonyl (C=O) groups excluding carboxylic acids is 3. The summed E-state index contributed by atoms with van der Waals surface area (Å²) in [5, 5.41) is 1.69. The third kappa shape index (κ3) is 6.19. The van der Waals surface area contributed by atoms with Gasteiger partial charge in [-0.05, 0) is 35.9 Å². The Bertz CT molecular complexity index is 1110. The van der Waals surface area contributed by atoms with Crippen molar-refractivity contribution in [3.63, 3.8) is 0 Å². The van der Waals surface area contributed by atoms with E-state index in [1.165, 1.54) is 18.3 Å². The quantitative estimate of drug-likeness (QED) is 0.500. The number of hydrogen-bond donors (Lipinski definition) is 1. The topological polar surface area (TPSA) is 95.5 Å². The molecular weight excluding hydrogens is 457 g/mol. The number of carbonyl (C=O) groups is 3. The largest absolute Gasteiger partial charge is 0.353 e. The zero-order valence-corrected chi connectivity index (χ0v) is 20.4. The van der Waals surface area contributed by atoms with Gasteiger partial charge in [-0.15, -0.1) is 0 Å². The maximum atomic E-state index is 14.4. The van der Waals surface area contributed by atoms with Crippen LogP contribution < -0.4 is 10.2 Å². The van der Waals surface area contributed by atoms with Crippen LogP contribution in [-0.4, -0.2) is 58.1 Å². The van der Waals surface area contributed by atoms with E-state index in [2.05, 4.69) is 28.4 Å². The second-order valence-electron chi connectivity index (χ2n) is 9.04. The molecule has 34 heavy (non-hydrogen) atoms. The molecule has 2 saturated heterocycles. The highest BCUT2D eigenvalue weighted by Crippen LogP contribution is 2.28. The summed E-state index contributed by atoms with van der Waals surface area (Å²) in [4.78, 5) is 48.6. The number of halogens is 1. The molecule has 2 fully saturated rings. The maximum absolute atomic E-state index is 14.4. The van der Waals surface area contributed by atoms with Crippen molar-refractivity contribution in [3.8, 4) is 0 Å². The van der Waals surface area contributed by atoms with E-state index < -0.39 is 22.4 Å². The molecule has 3 amide bonds. The smallest absolute Gasteiger partial charge is 0.290 e. The summed E-state index contributed by atoms with van der Waals surface area (Å²) in [6, 6.07) is 0. The first kappa shape index (κ1) is 25.4. The molecule has 3 rings (SSSR count). The number of aromatic nitrogens is 2. The van der Waals surface area contributed by atoms with Crippen LogP contribution in [0.3, 0.4) is 0 Å². The van der Waals surface area contributed by atoms with Crippen molar-refractivity contribution in [2.24, 2.45) is 5.41 Å². The Kier molecular flexibility index (Phi) is 7.71. The van der Waals surface area contributed by atoms with Gasteiger partial charge >= 0.3 is 0 Å². The lowest BCUT2D eigenvalue weighted by Gasteiger charge is -2.28. The summed E-state index contributed by atoms with van der Waals surface area (Å²) >= 11 is 0.753. The van der Waals surface area contributed by atoms with Gasteiger partial charge in [0.1, 0.15) is 11.6 Å². The summed E-state index contributed by atoms with van der Waals surface area (Å²) in [5.41, 5.74) is 0.194. The SMILES string of the molecule is C=C(/C=C1\SC(=O)NC1=O)/C=C(\C(=C)F)c1cncc(N2CCCN(C(=O)C(C)(C)C)CC2)n1. The average molecular weight is 486 g/mol. The van der Waals surface area contributed by atoms with Crippen LogP contribution in [0.15, 0.2) is 54.0 Å². The van der Waals surface area contributed by atoms with Gasteiger partial charge in [0.2, 0.25) is 5.91 Å². The Morgan fingerprint density at radius 1 is 1.18 bits per heavy atom. The van der Waals surface area contributed by atoms with E-state index >= 15 is 0 Å². The molecule has 1 aromatic heterocycles. The summed E-state index contributed by atoms with van der Waals surface area (Å²) in [7, 11) is 0. The Morgan fingerprint density at radius 2 is 1.91 bits per heavy atom. The normalized spacial score (nSPS) is 18.7. The lowest BCUT2D eigenvalue weighted by molar-refractivity contribution is -0.139. The lowest BCUT2D eigenvalue weighted by Crippen LogP contribution is -2.41. The van der Waals surface area contributed by atoms with Crippen LogP contribution in [0.25, 0.3) is 5.57 Å². The molecule has 0 atom stereocenters. The van der Waals surface area contributed by atoms with Gasteiger partial charge in [0.05, 0.1) is 23.0 Å². The Balaban J connectivity index is 1.80. The minimum Gasteiger partial charge on any atom is -0.353 e. The second kappa shape index (κ2) is 10.3. The Morgan fingerprint density at radius 3 is 2.53 bits per heavy atom. The molecule has 0 aromatic carbocycles. The van der Waals surface area contributed by atoms with E-state index in [0.29, 0.717) is 37.6 Å². The maximum Gasteiger partial charge on any atom is 0.290 e. The average Bonchev–Trinajstić information content (AvgIpc) is 2.94. The van der Waals surface area contributed by atoms with E-state index in [4.69, 9.17) is 0 Å². The van der Waals surface area contributed by atoms with Crippen LogP contribution in [0, 0.1) is 5.41 Å². The number of thioether (sulfide) groups is 1. The van der Waals surface area contributed by atoms with Crippen LogP contribution >= 0.6 is 11.8 Å². The molecule has 3 heterocycles. The fourth-order valence-corrected chi connectivity index (χ4v) is 4.27. The lowest BCUT2D eigenvalue weighted by atomic mass is 9.94. The molecule has 0 radical (unpaired) electrons. The van der Waals surface area contributed by atoms with Crippen LogP contribution in [0.1, 0.15) is 32.9 Å². The number of nitrogens with one attached hydrogen (secondary N) is 1. The minimum absolute atomic E-state index is 0.0743. The molecule has 0 unspecified atom stereocenters. The van der Waals surface area contributed by atoms with Gasteiger partial charge in [-0.2, -0.15) is 0 Å². The molecule has 1 aromatic rings. The van der Waals surface area contributed by atoms with Gasteiger partial charge in [-0.1, -0.05) is 33.9 Å². The highest BCUT2D eigenvalue weighted by molar-refractivity contribution is 8.18. The summed E-state index contributed by atoms with van der Waals surface area (Å²) in [6.45, 7) is 15.4. The molecule has 10 heteroatoms. The molecule has 8 nitrogen and oxygen atoms in total. The van der Waals surface area contributed by atoms with Gasteiger partial charge < -0.3 is 9.80 Å². The predicted octanol–water partition coefficient (Wildman–Crippen LogP) is 3.85. The number of anilines is 1. The van der Waals surface area contributed by atoms with Crippen molar-refractivity contribution in [2.75, 3.05) is 31.1 Å². The first-order chi connectivity index (χ1) is 16.0. The highest BCUT2D eigenvalue weighted by atomic mass is 32.2. The van der Waals surface area contributed by atoms with E-state index in [1.54, 1.807) is 6.20 Å². The number of imide groups is 1. The molecule has 1 N–H and O–H groups in total. The number of amides is 3. The first-order valence-electron chi connectivity index (χ1n) is 10.8. The number of allylic oxidation sites excluding steroid dienone is 5. The molecule has 2 aliphatic heterocycles. The van der Waals surface area contributed by atoms with Gasteiger partial charge in [0.15, 0.2) is 0 Å². The molecule has 0 bridgehead atoms. The standard InChI is InChI=1S/C24H28FN5O3S/c1-15(12-19-21(31)28-23(33)34-19)11-17(16(2)25)18-13-26-14-20(27-18)29-7-6-8-30(10-9-29)22(32)24(3,4)5/h11-14H,1-2,6-10H2,3-5H3,(H,28,31,33)/b17-11+,19-12-. The van der Waals surface area contributed by atoms with E-state index in [0.717, 1.165) is 18.2 Å². The van der Waals surface area contributed by atoms with Crippen LogP contribution in [0.5, 0.6) is 0 Å². The van der Waals surface area contributed by atoms with Gasteiger partial charge in [-0.25, -0.2) is 9.37 Å². The predicted molar refractivity (Wildman–Crippen MR) is 131 cm³/mol. The van der Waals surface area contributed by atoms with E-state index in [1.807, 2.05) is 30.6 Å². The molecule has 180 valence electrons. The zero-order chi connectivity index (χ0) is 25.0. The number of rotatable bonds is 5. The Labute approximate surface area is 202 Å². The highest BCUT2D eigenvalue weighted by Gasteiger charge is 2.29. The van der Waals surface area contributed by atoms with E-state index in [9.17, 15) is 18.8 Å². The van der Waals surface area contributed by atoms with Crippen LogP contribution in [-0.2, 0) is 9.59 Å². The fourth-order valence-electron chi connectivity index (χ4n) is 3.57. The van der Waals surface area contributed by atoms with Crippen molar-refractivity contribution >= 4 is 40.2 Å². The van der Waals surface area contributed by atoms with Crippen LogP contribution in [0.2, 0.25) is 0 Å². The van der Waals surface area contributed by atoms with Gasteiger partial charge in [0, 0.05) is 37.2 Å². The summed E-state index contributed by atoms with van der Waals surface area (Å²) < 4.78 is 14.4. The molecular formula is C24H28FN5O3S. The van der Waals surface area contributed by atoms with Crippen molar-refractivity contribution < 1.29 is 18.8 Å². The number of nitrogens with zero attached hydrogens (tertiary/aromatic N) is 4. The van der Waals surface area contributed by atoms with Crippen LogP contribution in [0.4, 0.5) is 15.0 Å².